The van der Waals surface area contributed by atoms with Crippen molar-refractivity contribution in [2.75, 3.05) is 0 Å². The van der Waals surface area contributed by atoms with E-state index in [1.807, 2.05) is 6.20 Å². The van der Waals surface area contributed by atoms with Gasteiger partial charge in [-0.05, 0) is 12.1 Å². The van der Waals surface area contributed by atoms with Crippen LogP contribution in [0.15, 0.2) is 30.5 Å². The molecule has 0 amide bonds. The van der Waals surface area contributed by atoms with Crippen molar-refractivity contribution >= 4 is 19.0 Å². The van der Waals surface area contributed by atoms with Gasteiger partial charge in [0.15, 0.2) is 0 Å². The number of hydrogen-bond acceptors (Lipinski definition) is 0. The summed E-state index contributed by atoms with van der Waals surface area (Å²) in [6.07, 6.45) is 1.96. The van der Waals surface area contributed by atoms with Crippen molar-refractivity contribution in [3.8, 4) is 11.5 Å². The van der Waals surface area contributed by atoms with Crippen LogP contribution in [-0.4, -0.2) is 13.1 Å². The number of benzene rings is 1. The first-order chi connectivity index (χ1) is 7.06. The van der Waals surface area contributed by atoms with Crippen LogP contribution in [0.3, 0.4) is 0 Å². The fraction of sp³-hybridized carbons (Fsp3) is 0.231. The molecule has 2 aromatic rings. The minimum atomic E-state index is -1.28. The van der Waals surface area contributed by atoms with E-state index >= 15 is 0 Å². The van der Waals surface area contributed by atoms with E-state index in [0.717, 1.165) is 11.1 Å². The predicted octanol–water partition coefficient (Wildman–Crippen LogP) is 3.40. The number of para-hydroxylation sites is 1. The second-order valence-electron chi connectivity index (χ2n) is 4.75. The number of H-pyrrole nitrogens is 1. The Morgan fingerprint density at radius 1 is 1.13 bits per heavy atom. The Morgan fingerprint density at radius 2 is 1.93 bits per heavy atom. The molecule has 0 fully saturated rings. The van der Waals surface area contributed by atoms with Crippen molar-refractivity contribution in [3.05, 3.63) is 36.0 Å². The summed E-state index contributed by atoms with van der Waals surface area (Å²) in [5.41, 5.74) is 5.66. The zero-order valence-corrected chi connectivity index (χ0v) is 10.4. The van der Waals surface area contributed by atoms with Gasteiger partial charge in [0.1, 0.15) is 8.07 Å². The molecular formula is C13H15NSi. The van der Waals surface area contributed by atoms with E-state index in [-0.39, 0.29) is 0 Å². The highest BCUT2D eigenvalue weighted by Crippen LogP contribution is 2.15. The molecule has 2 rings (SSSR count). The minimum absolute atomic E-state index is 1.11. The predicted molar refractivity (Wildman–Crippen MR) is 68.5 cm³/mol. The van der Waals surface area contributed by atoms with Crippen LogP contribution in [0.4, 0.5) is 0 Å². The van der Waals surface area contributed by atoms with Crippen molar-refractivity contribution in [1.29, 1.82) is 0 Å². The van der Waals surface area contributed by atoms with Crippen LogP contribution in [0.2, 0.25) is 19.6 Å². The standard InChI is InChI=1S/C13H15NSi/c1-15(2,3)10-8-12-6-4-5-11-7-9-14-13(11)12/h4-7,9,14H,1-3H3. The lowest BCUT2D eigenvalue weighted by Gasteiger charge is -2.03. The average Bonchev–Trinajstić information content (AvgIpc) is 2.61. The molecule has 0 saturated heterocycles. The van der Waals surface area contributed by atoms with Crippen LogP contribution >= 0.6 is 0 Å². The maximum absolute atomic E-state index is 3.39. The zero-order chi connectivity index (χ0) is 10.9. The van der Waals surface area contributed by atoms with Crippen LogP contribution in [0, 0.1) is 11.5 Å². The third-order valence-corrected chi connectivity index (χ3v) is 3.03. The monoisotopic (exact) mass is 213 g/mol. The van der Waals surface area contributed by atoms with Crippen LogP contribution in [-0.2, 0) is 0 Å². The van der Waals surface area contributed by atoms with Gasteiger partial charge in [-0.1, -0.05) is 37.7 Å². The molecule has 0 unspecified atom stereocenters. The van der Waals surface area contributed by atoms with E-state index in [0.29, 0.717) is 0 Å². The van der Waals surface area contributed by atoms with Gasteiger partial charge in [-0.2, -0.15) is 0 Å². The van der Waals surface area contributed by atoms with Gasteiger partial charge < -0.3 is 4.98 Å². The van der Waals surface area contributed by atoms with E-state index in [4.69, 9.17) is 0 Å². The van der Waals surface area contributed by atoms with Gasteiger partial charge in [-0.3, -0.25) is 0 Å². The highest BCUT2D eigenvalue weighted by molar-refractivity contribution is 6.83. The fourth-order valence-electron chi connectivity index (χ4n) is 1.44. The van der Waals surface area contributed by atoms with Crippen LogP contribution in [0.5, 0.6) is 0 Å². The van der Waals surface area contributed by atoms with Crippen LogP contribution < -0.4 is 0 Å². The smallest absolute Gasteiger partial charge is 0.129 e. The third kappa shape index (κ3) is 2.31. The lowest BCUT2D eigenvalue weighted by Crippen LogP contribution is -2.16. The topological polar surface area (TPSA) is 15.8 Å². The Hall–Kier alpha value is -1.46. The van der Waals surface area contributed by atoms with Gasteiger partial charge in [0.05, 0.1) is 5.52 Å². The first kappa shape index (κ1) is 10.1. The van der Waals surface area contributed by atoms with Crippen LogP contribution in [0.1, 0.15) is 5.56 Å². The molecule has 0 aliphatic carbocycles. The van der Waals surface area contributed by atoms with Gasteiger partial charge >= 0.3 is 0 Å². The summed E-state index contributed by atoms with van der Waals surface area (Å²) >= 11 is 0. The summed E-state index contributed by atoms with van der Waals surface area (Å²) in [7, 11) is -1.28. The van der Waals surface area contributed by atoms with E-state index in [1.54, 1.807) is 0 Å². The second kappa shape index (κ2) is 3.60. The minimum Gasteiger partial charge on any atom is -0.360 e. The van der Waals surface area contributed by atoms with Gasteiger partial charge in [0, 0.05) is 17.1 Å². The second-order valence-corrected chi connectivity index (χ2v) is 9.50. The highest BCUT2D eigenvalue weighted by atomic mass is 28.3. The molecule has 0 saturated carbocycles. The van der Waals surface area contributed by atoms with Gasteiger partial charge in [-0.15, -0.1) is 5.54 Å². The molecule has 76 valence electrons. The number of aromatic amines is 1. The summed E-state index contributed by atoms with van der Waals surface area (Å²) in [6, 6.07) is 8.32. The molecule has 0 atom stereocenters. The Kier molecular flexibility index (Phi) is 2.41. The molecule has 0 radical (unpaired) electrons. The largest absolute Gasteiger partial charge is 0.360 e. The van der Waals surface area contributed by atoms with Crippen molar-refractivity contribution in [2.24, 2.45) is 0 Å². The Labute approximate surface area is 91.5 Å². The van der Waals surface area contributed by atoms with E-state index in [2.05, 4.69) is 60.4 Å². The van der Waals surface area contributed by atoms with Crippen LogP contribution in [0.25, 0.3) is 10.9 Å². The summed E-state index contributed by atoms with van der Waals surface area (Å²) in [5, 5.41) is 1.23. The van der Waals surface area contributed by atoms with E-state index in [9.17, 15) is 0 Å². The van der Waals surface area contributed by atoms with Gasteiger partial charge in [0.2, 0.25) is 0 Å². The molecule has 0 aliphatic rings. The average molecular weight is 213 g/mol. The molecule has 1 aromatic carbocycles. The van der Waals surface area contributed by atoms with Crippen molar-refractivity contribution < 1.29 is 0 Å². The molecule has 1 nitrogen and oxygen atoms in total. The Bertz CT molecular complexity index is 535. The summed E-state index contributed by atoms with van der Waals surface area (Å²) in [5.74, 6) is 3.29. The van der Waals surface area contributed by atoms with E-state index in [1.165, 1.54) is 5.39 Å². The molecule has 1 aromatic heterocycles. The quantitative estimate of drug-likeness (QED) is 0.510. The third-order valence-electron chi connectivity index (χ3n) is 2.16. The number of hydrogen-bond donors (Lipinski definition) is 1. The summed E-state index contributed by atoms with van der Waals surface area (Å²) in [6.45, 7) is 6.78. The molecule has 2 heteroatoms. The fourth-order valence-corrected chi connectivity index (χ4v) is 1.95. The van der Waals surface area contributed by atoms with Crippen molar-refractivity contribution in [1.82, 2.24) is 4.98 Å². The molecule has 0 bridgehead atoms. The lowest BCUT2D eigenvalue weighted by molar-refractivity contribution is 1.47. The number of rotatable bonds is 0. The number of fused-ring (bicyclic) bond motifs is 1. The van der Waals surface area contributed by atoms with Gasteiger partial charge in [-0.25, -0.2) is 0 Å². The Morgan fingerprint density at radius 3 is 2.67 bits per heavy atom. The van der Waals surface area contributed by atoms with E-state index < -0.39 is 8.07 Å². The Balaban J connectivity index is 2.51. The van der Waals surface area contributed by atoms with Gasteiger partial charge in [0.25, 0.3) is 0 Å². The first-order valence-electron chi connectivity index (χ1n) is 5.15. The summed E-state index contributed by atoms with van der Waals surface area (Å²) in [4.78, 5) is 3.24. The number of nitrogens with one attached hydrogen (secondary N) is 1. The zero-order valence-electron chi connectivity index (χ0n) is 9.39. The maximum Gasteiger partial charge on any atom is 0.129 e. The molecule has 0 aliphatic heterocycles. The molecular weight excluding hydrogens is 198 g/mol. The molecule has 1 heterocycles. The number of aromatic nitrogens is 1. The lowest BCUT2D eigenvalue weighted by atomic mass is 10.1. The molecule has 0 spiro atoms. The van der Waals surface area contributed by atoms with Crippen molar-refractivity contribution in [3.63, 3.8) is 0 Å². The maximum atomic E-state index is 3.39. The highest BCUT2D eigenvalue weighted by Gasteiger charge is 2.07. The normalized spacial score (nSPS) is 11.1. The summed E-state index contributed by atoms with van der Waals surface area (Å²) < 4.78 is 0. The molecule has 1 N–H and O–H groups in total. The first-order valence-corrected chi connectivity index (χ1v) is 8.65. The van der Waals surface area contributed by atoms with Crippen molar-refractivity contribution in [2.45, 2.75) is 19.6 Å². The SMILES string of the molecule is C[Si](C)(C)C#Cc1cccc2cc[nH]c12. The molecule has 15 heavy (non-hydrogen) atoms.